The monoisotopic (exact) mass is 296 g/mol. The lowest BCUT2D eigenvalue weighted by atomic mass is 10.00. The molecule has 0 unspecified atom stereocenters. The Labute approximate surface area is 130 Å². The van der Waals surface area contributed by atoms with E-state index in [4.69, 9.17) is 5.73 Å². The maximum absolute atomic E-state index is 11.7. The van der Waals surface area contributed by atoms with Crippen molar-refractivity contribution in [1.82, 2.24) is 9.97 Å². The van der Waals surface area contributed by atoms with Crippen LogP contribution in [0.15, 0.2) is 30.7 Å². The number of carbonyl (C=O) groups is 1. The Balaban J connectivity index is 2.00. The van der Waals surface area contributed by atoms with Gasteiger partial charge in [-0.2, -0.15) is 0 Å². The number of nitrogens with two attached hydrogens (primary N) is 1. The van der Waals surface area contributed by atoms with E-state index < -0.39 is 0 Å². The van der Waals surface area contributed by atoms with Crippen LogP contribution in [0.3, 0.4) is 0 Å². The molecule has 0 fully saturated rings. The van der Waals surface area contributed by atoms with Crippen LogP contribution < -0.4 is 10.6 Å². The van der Waals surface area contributed by atoms with Crippen molar-refractivity contribution in [3.8, 4) is 11.1 Å². The Morgan fingerprint density at radius 3 is 2.77 bits per heavy atom. The second-order valence-electron chi connectivity index (χ2n) is 5.78. The van der Waals surface area contributed by atoms with Gasteiger partial charge in [-0.3, -0.25) is 14.7 Å². The molecule has 0 aliphatic carbocycles. The number of fused-ring (bicyclic) bond motifs is 1. The van der Waals surface area contributed by atoms with Crippen LogP contribution in [0.2, 0.25) is 0 Å². The molecule has 0 radical (unpaired) electrons. The van der Waals surface area contributed by atoms with Crippen LogP contribution in [0, 0.1) is 0 Å². The number of anilines is 1. The number of rotatable bonds is 2. The van der Waals surface area contributed by atoms with Crippen LogP contribution >= 0.6 is 0 Å². The smallest absolute Gasteiger partial charge is 0.225 e. The molecule has 3 heterocycles. The molecule has 1 amide bonds. The first kappa shape index (κ1) is 14.7. The lowest BCUT2D eigenvalue weighted by Gasteiger charge is -2.27. The number of hydrogen-bond donors (Lipinski definition) is 1. The van der Waals surface area contributed by atoms with Crippen LogP contribution in [-0.2, 0) is 11.2 Å². The molecular formula is C17H20N4O. The molecule has 1 aliphatic heterocycles. The normalized spacial score (nSPS) is 15.3. The van der Waals surface area contributed by atoms with Gasteiger partial charge in [0.25, 0.3) is 0 Å². The van der Waals surface area contributed by atoms with Crippen molar-refractivity contribution in [1.29, 1.82) is 0 Å². The molecule has 2 N–H and O–H groups in total. The third-order valence-electron chi connectivity index (χ3n) is 4.02. The topological polar surface area (TPSA) is 72.1 Å². The van der Waals surface area contributed by atoms with Gasteiger partial charge in [0.1, 0.15) is 5.82 Å². The van der Waals surface area contributed by atoms with Gasteiger partial charge in [0.2, 0.25) is 5.91 Å². The number of nitrogens with zero attached hydrogens (tertiary/aromatic N) is 3. The molecule has 22 heavy (non-hydrogen) atoms. The summed E-state index contributed by atoms with van der Waals surface area (Å²) in [5.74, 6) is 0.834. The van der Waals surface area contributed by atoms with E-state index >= 15 is 0 Å². The van der Waals surface area contributed by atoms with E-state index in [1.807, 2.05) is 25.4 Å². The van der Waals surface area contributed by atoms with Gasteiger partial charge in [0.15, 0.2) is 0 Å². The minimum atomic E-state index is -0.0498. The molecule has 0 saturated carbocycles. The zero-order chi connectivity index (χ0) is 15.7. The summed E-state index contributed by atoms with van der Waals surface area (Å²) in [4.78, 5) is 22.2. The second-order valence-corrected chi connectivity index (χ2v) is 5.78. The fourth-order valence-electron chi connectivity index (χ4n) is 2.79. The number of pyridine rings is 2. The molecular weight excluding hydrogens is 276 g/mol. The number of carbonyl (C=O) groups excluding carboxylic acids is 1. The van der Waals surface area contributed by atoms with Crippen molar-refractivity contribution >= 4 is 11.7 Å². The van der Waals surface area contributed by atoms with E-state index in [9.17, 15) is 4.79 Å². The minimum Gasteiger partial charge on any atom is -0.324 e. The van der Waals surface area contributed by atoms with Gasteiger partial charge < -0.3 is 5.73 Å². The SMILES string of the molecule is CC(=O)N1CCCc2cc(-c3cncc([C@@H](C)N)c3)cnc21. The Morgan fingerprint density at radius 2 is 2.05 bits per heavy atom. The standard InChI is InChI=1S/C17H20N4O/c1-11(18)14-7-15(9-19-8-14)16-6-13-4-3-5-21(12(2)22)17(13)20-10-16/h6-11H,3-5,18H2,1-2H3/t11-/m1/s1. The van der Waals surface area contributed by atoms with E-state index in [-0.39, 0.29) is 11.9 Å². The molecule has 5 nitrogen and oxygen atoms in total. The predicted molar refractivity (Wildman–Crippen MR) is 86.4 cm³/mol. The molecule has 2 aromatic heterocycles. The third-order valence-corrected chi connectivity index (χ3v) is 4.02. The average molecular weight is 296 g/mol. The zero-order valence-electron chi connectivity index (χ0n) is 12.9. The van der Waals surface area contributed by atoms with Crippen molar-refractivity contribution in [2.75, 3.05) is 11.4 Å². The molecule has 114 valence electrons. The number of aryl methyl sites for hydroxylation is 1. The van der Waals surface area contributed by atoms with E-state index in [0.29, 0.717) is 0 Å². The van der Waals surface area contributed by atoms with Gasteiger partial charge in [0.05, 0.1) is 0 Å². The summed E-state index contributed by atoms with van der Waals surface area (Å²) in [5.41, 5.74) is 10.1. The van der Waals surface area contributed by atoms with E-state index in [0.717, 1.165) is 47.5 Å². The predicted octanol–water partition coefficient (Wildman–Crippen LogP) is 2.46. The summed E-state index contributed by atoms with van der Waals surface area (Å²) in [6.45, 7) is 4.27. The van der Waals surface area contributed by atoms with E-state index in [1.165, 1.54) is 0 Å². The highest BCUT2D eigenvalue weighted by molar-refractivity contribution is 5.91. The largest absolute Gasteiger partial charge is 0.324 e. The van der Waals surface area contributed by atoms with Crippen molar-refractivity contribution in [3.63, 3.8) is 0 Å². The van der Waals surface area contributed by atoms with E-state index in [1.54, 1.807) is 18.0 Å². The number of aromatic nitrogens is 2. The highest BCUT2D eigenvalue weighted by Gasteiger charge is 2.21. The summed E-state index contributed by atoms with van der Waals surface area (Å²) in [6.07, 6.45) is 7.33. The fourth-order valence-corrected chi connectivity index (χ4v) is 2.79. The first-order valence-corrected chi connectivity index (χ1v) is 7.54. The molecule has 2 aromatic rings. The summed E-state index contributed by atoms with van der Waals surface area (Å²) in [6, 6.07) is 4.11. The quantitative estimate of drug-likeness (QED) is 0.924. The van der Waals surface area contributed by atoms with E-state index in [2.05, 4.69) is 16.0 Å². The van der Waals surface area contributed by atoms with Crippen LogP contribution in [0.1, 0.15) is 37.4 Å². The van der Waals surface area contributed by atoms with Gasteiger partial charge in [-0.1, -0.05) is 0 Å². The van der Waals surface area contributed by atoms with Crippen molar-refractivity contribution < 1.29 is 4.79 Å². The van der Waals surface area contributed by atoms with Crippen molar-refractivity contribution in [2.24, 2.45) is 5.73 Å². The molecule has 0 saturated heterocycles. The number of hydrogen-bond acceptors (Lipinski definition) is 4. The fraction of sp³-hybridized carbons (Fsp3) is 0.353. The highest BCUT2D eigenvalue weighted by Crippen LogP contribution is 2.29. The summed E-state index contributed by atoms with van der Waals surface area (Å²) < 4.78 is 0. The Kier molecular flexibility index (Phi) is 3.90. The first-order chi connectivity index (χ1) is 10.6. The second kappa shape index (κ2) is 5.85. The maximum Gasteiger partial charge on any atom is 0.225 e. The lowest BCUT2D eigenvalue weighted by molar-refractivity contribution is -0.116. The Hall–Kier alpha value is -2.27. The van der Waals surface area contributed by atoms with Gasteiger partial charge >= 0.3 is 0 Å². The van der Waals surface area contributed by atoms with Gasteiger partial charge in [-0.25, -0.2) is 4.98 Å². The average Bonchev–Trinajstić information content (AvgIpc) is 2.53. The first-order valence-electron chi connectivity index (χ1n) is 7.54. The van der Waals surface area contributed by atoms with Crippen LogP contribution in [0.5, 0.6) is 0 Å². The summed E-state index contributed by atoms with van der Waals surface area (Å²) in [5, 5.41) is 0. The molecule has 5 heteroatoms. The maximum atomic E-state index is 11.7. The molecule has 0 aromatic carbocycles. The number of amides is 1. The molecule has 0 bridgehead atoms. The molecule has 1 atom stereocenters. The molecule has 0 spiro atoms. The summed E-state index contributed by atoms with van der Waals surface area (Å²) >= 11 is 0. The molecule has 3 rings (SSSR count). The lowest BCUT2D eigenvalue weighted by Crippen LogP contribution is -2.34. The van der Waals surface area contributed by atoms with Gasteiger partial charge in [-0.15, -0.1) is 0 Å². The van der Waals surface area contributed by atoms with Gasteiger partial charge in [0, 0.05) is 49.2 Å². The van der Waals surface area contributed by atoms with Crippen molar-refractivity contribution in [3.05, 3.63) is 41.9 Å². The van der Waals surface area contributed by atoms with Crippen LogP contribution in [-0.4, -0.2) is 22.4 Å². The third kappa shape index (κ3) is 2.72. The van der Waals surface area contributed by atoms with Crippen LogP contribution in [0.4, 0.5) is 5.82 Å². The highest BCUT2D eigenvalue weighted by atomic mass is 16.2. The zero-order valence-corrected chi connectivity index (χ0v) is 12.9. The minimum absolute atomic E-state index is 0.0434. The van der Waals surface area contributed by atoms with Gasteiger partial charge in [-0.05, 0) is 43.0 Å². The summed E-state index contributed by atoms with van der Waals surface area (Å²) in [7, 11) is 0. The van der Waals surface area contributed by atoms with Crippen LogP contribution in [0.25, 0.3) is 11.1 Å². The van der Waals surface area contributed by atoms with Crippen molar-refractivity contribution in [2.45, 2.75) is 32.7 Å². The molecule has 1 aliphatic rings. The Bertz CT molecular complexity index is 712. The Morgan fingerprint density at radius 1 is 1.27 bits per heavy atom.